The molecule has 0 saturated heterocycles. The number of rotatable bonds is 4. The standard InChI is InChI=1S/C15H11BrClN3O4S/c1-24-13-5-2-8(16)6-10(13)14(21)19-15(25)18-9-3-4-11(17)12(7-9)20(22)23/h2-7H,1H3,(H2,18,19,21,25). The van der Waals surface area contributed by atoms with E-state index in [4.69, 9.17) is 28.6 Å². The van der Waals surface area contributed by atoms with Crippen LogP contribution in [0.2, 0.25) is 5.02 Å². The molecule has 0 unspecified atom stereocenters. The third-order valence-corrected chi connectivity index (χ3v) is 4.05. The van der Waals surface area contributed by atoms with E-state index in [9.17, 15) is 14.9 Å². The maximum absolute atomic E-state index is 12.3. The number of amides is 1. The fraction of sp³-hybridized carbons (Fsp3) is 0.0667. The number of nitrogens with zero attached hydrogens (tertiary/aromatic N) is 1. The first-order valence-corrected chi connectivity index (χ1v) is 8.29. The number of nitrogens with one attached hydrogen (secondary N) is 2. The number of anilines is 1. The third kappa shape index (κ3) is 4.88. The first-order chi connectivity index (χ1) is 11.8. The van der Waals surface area contributed by atoms with Gasteiger partial charge in [0.1, 0.15) is 10.8 Å². The lowest BCUT2D eigenvalue weighted by Crippen LogP contribution is -2.34. The second-order valence-electron chi connectivity index (χ2n) is 4.68. The highest BCUT2D eigenvalue weighted by Crippen LogP contribution is 2.27. The summed E-state index contributed by atoms with van der Waals surface area (Å²) in [6.45, 7) is 0. The molecule has 2 rings (SSSR count). The fourth-order valence-electron chi connectivity index (χ4n) is 1.92. The zero-order chi connectivity index (χ0) is 18.6. The number of hydrogen-bond donors (Lipinski definition) is 2. The smallest absolute Gasteiger partial charge is 0.289 e. The molecule has 0 aliphatic heterocycles. The number of carbonyl (C=O) groups is 1. The van der Waals surface area contributed by atoms with E-state index in [1.165, 1.54) is 25.3 Å². The minimum absolute atomic E-state index is 0.00405. The topological polar surface area (TPSA) is 93.5 Å². The predicted molar refractivity (Wildman–Crippen MR) is 102 cm³/mol. The van der Waals surface area contributed by atoms with Crippen molar-refractivity contribution in [3.63, 3.8) is 0 Å². The number of thiocarbonyl (C=S) groups is 1. The Kier molecular flexibility index (Phi) is 6.29. The maximum Gasteiger partial charge on any atom is 0.289 e. The molecule has 10 heteroatoms. The van der Waals surface area contributed by atoms with E-state index >= 15 is 0 Å². The molecule has 2 aromatic carbocycles. The van der Waals surface area contributed by atoms with Crippen LogP contribution < -0.4 is 15.4 Å². The first-order valence-electron chi connectivity index (χ1n) is 6.71. The number of halogens is 2. The van der Waals surface area contributed by atoms with Crippen LogP contribution in [-0.2, 0) is 0 Å². The molecule has 0 spiro atoms. The normalized spacial score (nSPS) is 10.0. The molecule has 0 aromatic heterocycles. The molecule has 0 atom stereocenters. The van der Waals surface area contributed by atoms with Gasteiger partial charge in [0.2, 0.25) is 0 Å². The van der Waals surface area contributed by atoms with Gasteiger partial charge in [-0.15, -0.1) is 0 Å². The molecular weight excluding hydrogens is 434 g/mol. The molecule has 2 N–H and O–H groups in total. The van der Waals surface area contributed by atoms with E-state index in [1.54, 1.807) is 18.2 Å². The Balaban J connectivity index is 2.13. The van der Waals surface area contributed by atoms with Crippen molar-refractivity contribution >= 4 is 62.1 Å². The fourth-order valence-corrected chi connectivity index (χ4v) is 2.68. The number of hydrogen-bond acceptors (Lipinski definition) is 5. The predicted octanol–water partition coefficient (Wildman–Crippen LogP) is 4.15. The van der Waals surface area contributed by atoms with E-state index < -0.39 is 10.8 Å². The van der Waals surface area contributed by atoms with Crippen molar-refractivity contribution in [2.24, 2.45) is 0 Å². The summed E-state index contributed by atoms with van der Waals surface area (Å²) in [7, 11) is 1.45. The van der Waals surface area contributed by atoms with Crippen molar-refractivity contribution in [3.05, 3.63) is 61.6 Å². The Hall–Kier alpha value is -2.23. The van der Waals surface area contributed by atoms with Crippen LogP contribution in [0, 0.1) is 10.1 Å². The molecule has 0 aliphatic carbocycles. The molecule has 0 aliphatic rings. The van der Waals surface area contributed by atoms with E-state index in [0.29, 0.717) is 15.9 Å². The van der Waals surface area contributed by atoms with Crippen molar-refractivity contribution in [2.45, 2.75) is 0 Å². The average Bonchev–Trinajstić information content (AvgIpc) is 2.56. The molecule has 0 bridgehead atoms. The van der Waals surface area contributed by atoms with Gasteiger partial charge in [-0.1, -0.05) is 27.5 Å². The van der Waals surface area contributed by atoms with Crippen molar-refractivity contribution in [3.8, 4) is 5.75 Å². The highest BCUT2D eigenvalue weighted by molar-refractivity contribution is 9.10. The van der Waals surface area contributed by atoms with Gasteiger partial charge in [-0.3, -0.25) is 20.2 Å². The molecule has 2 aromatic rings. The van der Waals surface area contributed by atoms with Crippen LogP contribution in [0.4, 0.5) is 11.4 Å². The Labute approximate surface area is 161 Å². The molecule has 0 radical (unpaired) electrons. The number of nitro groups is 1. The van der Waals surface area contributed by atoms with Crippen LogP contribution in [-0.4, -0.2) is 23.1 Å². The number of benzene rings is 2. The van der Waals surface area contributed by atoms with E-state index in [0.717, 1.165) is 0 Å². The Morgan fingerprint density at radius 2 is 2.04 bits per heavy atom. The summed E-state index contributed by atoms with van der Waals surface area (Å²) in [6, 6.07) is 9.05. The summed E-state index contributed by atoms with van der Waals surface area (Å²) in [5.41, 5.74) is 0.333. The lowest BCUT2D eigenvalue weighted by atomic mass is 10.2. The van der Waals surface area contributed by atoms with Gasteiger partial charge in [-0.25, -0.2) is 0 Å². The van der Waals surface area contributed by atoms with Crippen molar-refractivity contribution in [2.75, 3.05) is 12.4 Å². The van der Waals surface area contributed by atoms with Gasteiger partial charge < -0.3 is 10.1 Å². The third-order valence-electron chi connectivity index (χ3n) is 3.03. The molecule has 0 heterocycles. The number of methoxy groups -OCH3 is 1. The molecule has 25 heavy (non-hydrogen) atoms. The average molecular weight is 445 g/mol. The molecule has 0 saturated carbocycles. The lowest BCUT2D eigenvalue weighted by molar-refractivity contribution is -0.384. The summed E-state index contributed by atoms with van der Waals surface area (Å²) < 4.78 is 5.84. The molecule has 0 fully saturated rings. The molecular formula is C15H11BrClN3O4S. The van der Waals surface area contributed by atoms with Crippen LogP contribution in [0.25, 0.3) is 0 Å². The van der Waals surface area contributed by atoms with Gasteiger partial charge >= 0.3 is 0 Å². The minimum atomic E-state index is -0.610. The highest BCUT2D eigenvalue weighted by atomic mass is 79.9. The molecule has 7 nitrogen and oxygen atoms in total. The van der Waals surface area contributed by atoms with E-state index in [2.05, 4.69) is 26.6 Å². The van der Waals surface area contributed by atoms with Crippen LogP contribution in [0.5, 0.6) is 5.75 Å². The number of carbonyl (C=O) groups excluding carboxylic acids is 1. The minimum Gasteiger partial charge on any atom is -0.496 e. The Morgan fingerprint density at radius 3 is 2.68 bits per heavy atom. The summed E-state index contributed by atoms with van der Waals surface area (Å²) >= 11 is 14.1. The van der Waals surface area contributed by atoms with Crippen molar-refractivity contribution < 1.29 is 14.5 Å². The summed E-state index contributed by atoms with van der Waals surface area (Å²) in [4.78, 5) is 22.6. The zero-order valence-corrected chi connectivity index (χ0v) is 15.9. The van der Waals surface area contributed by atoms with Gasteiger partial charge in [0.25, 0.3) is 11.6 Å². The largest absolute Gasteiger partial charge is 0.496 e. The Morgan fingerprint density at radius 1 is 1.32 bits per heavy atom. The van der Waals surface area contributed by atoms with E-state index in [-0.39, 0.29) is 21.4 Å². The second kappa shape index (κ2) is 8.24. The second-order valence-corrected chi connectivity index (χ2v) is 6.41. The van der Waals surface area contributed by atoms with Gasteiger partial charge in [0.05, 0.1) is 17.6 Å². The summed E-state index contributed by atoms with van der Waals surface area (Å²) in [6.07, 6.45) is 0. The summed E-state index contributed by atoms with van der Waals surface area (Å²) in [5.74, 6) is -0.107. The quantitative estimate of drug-likeness (QED) is 0.418. The summed E-state index contributed by atoms with van der Waals surface area (Å²) in [5, 5.41) is 16.1. The molecule has 130 valence electrons. The monoisotopic (exact) mass is 443 g/mol. The Bertz CT molecular complexity index is 863. The van der Waals surface area contributed by atoms with Gasteiger partial charge in [0.15, 0.2) is 5.11 Å². The highest BCUT2D eigenvalue weighted by Gasteiger charge is 2.16. The zero-order valence-electron chi connectivity index (χ0n) is 12.7. The maximum atomic E-state index is 12.3. The molecule has 1 amide bonds. The first kappa shape index (κ1) is 19.1. The van der Waals surface area contributed by atoms with Gasteiger partial charge in [-0.05, 0) is 42.5 Å². The van der Waals surface area contributed by atoms with Crippen molar-refractivity contribution in [1.82, 2.24) is 5.32 Å². The van der Waals surface area contributed by atoms with Crippen molar-refractivity contribution in [1.29, 1.82) is 0 Å². The van der Waals surface area contributed by atoms with Crippen LogP contribution >= 0.6 is 39.7 Å². The van der Waals surface area contributed by atoms with Gasteiger partial charge in [0, 0.05) is 16.2 Å². The van der Waals surface area contributed by atoms with Crippen LogP contribution in [0.15, 0.2) is 40.9 Å². The number of nitro benzene ring substituents is 1. The lowest BCUT2D eigenvalue weighted by Gasteiger charge is -2.12. The van der Waals surface area contributed by atoms with E-state index in [1.807, 2.05) is 0 Å². The van der Waals surface area contributed by atoms with Gasteiger partial charge in [-0.2, -0.15) is 0 Å². The number of ether oxygens (including phenoxy) is 1. The van der Waals surface area contributed by atoms with Crippen LogP contribution in [0.1, 0.15) is 10.4 Å². The van der Waals surface area contributed by atoms with Crippen LogP contribution in [0.3, 0.4) is 0 Å². The SMILES string of the molecule is COc1ccc(Br)cc1C(=O)NC(=S)Nc1ccc(Cl)c([N+](=O)[O-])c1.